The first-order chi connectivity index (χ1) is 7.51. The maximum atomic E-state index is 11.4. The van der Waals surface area contributed by atoms with Crippen LogP contribution in [-0.2, 0) is 4.74 Å². The number of methoxy groups -OCH3 is 1. The van der Waals surface area contributed by atoms with Gasteiger partial charge < -0.3 is 14.5 Å². The highest BCUT2D eigenvalue weighted by Gasteiger charge is 2.22. The smallest absolute Gasteiger partial charge is 0.341 e. The van der Waals surface area contributed by atoms with Gasteiger partial charge in [-0.15, -0.1) is 0 Å². The largest absolute Gasteiger partial charge is 0.465 e. The zero-order valence-electron chi connectivity index (χ0n) is 8.80. The van der Waals surface area contributed by atoms with Gasteiger partial charge in [0.1, 0.15) is 5.56 Å². The number of nitrogens with one attached hydrogen (secondary N) is 1. The Hall–Kier alpha value is -1.56. The summed E-state index contributed by atoms with van der Waals surface area (Å²) >= 11 is 3.09. The molecule has 1 heterocycles. The van der Waals surface area contributed by atoms with Crippen molar-refractivity contribution in [3.05, 3.63) is 29.7 Å². The lowest BCUT2D eigenvalue weighted by Crippen LogP contribution is -2.16. The van der Waals surface area contributed by atoms with Gasteiger partial charge >= 0.3 is 5.97 Å². The third-order valence-corrected chi connectivity index (χ3v) is 2.19. The van der Waals surface area contributed by atoms with Gasteiger partial charge in [-0.3, -0.25) is 4.79 Å². The van der Waals surface area contributed by atoms with Gasteiger partial charge in [-0.2, -0.15) is 0 Å². The maximum Gasteiger partial charge on any atom is 0.341 e. The monoisotopic (exact) mass is 287 g/mol. The van der Waals surface area contributed by atoms with Gasteiger partial charge in [0.15, 0.2) is 11.5 Å². The van der Waals surface area contributed by atoms with Gasteiger partial charge in [-0.1, -0.05) is 6.58 Å². The number of rotatable bonds is 3. The highest BCUT2D eigenvalue weighted by Crippen LogP contribution is 2.27. The summed E-state index contributed by atoms with van der Waals surface area (Å²) in [5, 5.41) is 2.39. The molecule has 86 valence electrons. The highest BCUT2D eigenvalue weighted by molar-refractivity contribution is 9.15. The summed E-state index contributed by atoms with van der Waals surface area (Å²) in [7, 11) is 2.71. The predicted octanol–water partition coefficient (Wildman–Crippen LogP) is 1.79. The van der Waals surface area contributed by atoms with E-state index < -0.39 is 11.9 Å². The van der Waals surface area contributed by atoms with Gasteiger partial charge in [-0.05, 0) is 15.9 Å². The lowest BCUT2D eigenvalue weighted by Gasteiger charge is -1.97. The zero-order valence-corrected chi connectivity index (χ0v) is 10.4. The van der Waals surface area contributed by atoms with Crippen LogP contribution >= 0.6 is 15.9 Å². The van der Waals surface area contributed by atoms with E-state index in [-0.39, 0.29) is 17.1 Å². The van der Waals surface area contributed by atoms with Crippen molar-refractivity contribution in [3.8, 4) is 0 Å². The molecule has 1 amide bonds. The molecular weight excluding hydrogens is 278 g/mol. The van der Waals surface area contributed by atoms with E-state index in [2.05, 4.69) is 32.6 Å². The molecule has 5 nitrogen and oxygen atoms in total. The number of hydrogen-bond acceptors (Lipinski definition) is 4. The number of amides is 1. The summed E-state index contributed by atoms with van der Waals surface area (Å²) in [4.78, 5) is 22.7. The van der Waals surface area contributed by atoms with E-state index in [9.17, 15) is 9.59 Å². The molecule has 0 bridgehead atoms. The molecule has 0 aliphatic carbocycles. The summed E-state index contributed by atoms with van der Waals surface area (Å²) in [5.74, 6) is -0.802. The highest BCUT2D eigenvalue weighted by atomic mass is 79.9. The second-order valence-corrected chi connectivity index (χ2v) is 3.79. The van der Waals surface area contributed by atoms with Gasteiger partial charge in [0.05, 0.1) is 11.6 Å². The van der Waals surface area contributed by atoms with Gasteiger partial charge in [-0.25, -0.2) is 4.79 Å². The van der Waals surface area contributed by atoms with E-state index in [1.54, 1.807) is 0 Å². The van der Waals surface area contributed by atoms with Crippen LogP contribution in [0.15, 0.2) is 17.1 Å². The first-order valence-electron chi connectivity index (χ1n) is 4.30. The van der Waals surface area contributed by atoms with Crippen molar-refractivity contribution in [1.82, 2.24) is 5.32 Å². The normalized spacial score (nSPS) is 9.69. The van der Waals surface area contributed by atoms with Crippen LogP contribution in [0.4, 0.5) is 0 Å². The Balaban J connectivity index is 3.25. The third kappa shape index (κ3) is 2.33. The van der Waals surface area contributed by atoms with Crippen LogP contribution < -0.4 is 5.32 Å². The van der Waals surface area contributed by atoms with E-state index in [4.69, 9.17) is 4.42 Å². The zero-order chi connectivity index (χ0) is 12.3. The fourth-order valence-corrected chi connectivity index (χ4v) is 1.38. The van der Waals surface area contributed by atoms with E-state index in [0.29, 0.717) is 4.48 Å². The molecule has 1 rings (SSSR count). The van der Waals surface area contributed by atoms with Crippen LogP contribution in [0, 0.1) is 0 Å². The van der Waals surface area contributed by atoms with E-state index >= 15 is 0 Å². The number of halogens is 1. The van der Waals surface area contributed by atoms with Crippen LogP contribution in [0.1, 0.15) is 26.7 Å². The summed E-state index contributed by atoms with van der Waals surface area (Å²) < 4.78 is 10.1. The van der Waals surface area contributed by atoms with E-state index in [1.807, 2.05) is 0 Å². The predicted molar refractivity (Wildman–Crippen MR) is 61.4 cm³/mol. The Bertz CT molecular complexity index is 450. The van der Waals surface area contributed by atoms with Crippen LogP contribution in [-0.4, -0.2) is 26.0 Å². The number of esters is 1. The fourth-order valence-electron chi connectivity index (χ4n) is 1.09. The van der Waals surface area contributed by atoms with Crippen LogP contribution in [0.5, 0.6) is 0 Å². The lowest BCUT2D eigenvalue weighted by atomic mass is 10.2. The average Bonchev–Trinajstić information content (AvgIpc) is 2.71. The molecule has 6 heteroatoms. The molecule has 0 fully saturated rings. The first kappa shape index (κ1) is 12.5. The molecule has 0 spiro atoms. The standard InChI is InChI=1S/C10H10BrNO4/c1-5(11)8-6(10(14)15-3)4-7(16-8)9(13)12-2/h4H,1H2,2-3H3,(H,12,13). The van der Waals surface area contributed by atoms with E-state index in [1.165, 1.54) is 20.2 Å². The van der Waals surface area contributed by atoms with Crippen molar-refractivity contribution < 1.29 is 18.7 Å². The molecule has 0 aliphatic rings. The number of carbonyl (C=O) groups excluding carboxylic acids is 2. The number of hydrogen-bond donors (Lipinski definition) is 1. The van der Waals surface area contributed by atoms with Crippen LogP contribution in [0.3, 0.4) is 0 Å². The van der Waals surface area contributed by atoms with Crippen molar-refractivity contribution in [1.29, 1.82) is 0 Å². The first-order valence-corrected chi connectivity index (χ1v) is 5.09. The summed E-state index contributed by atoms with van der Waals surface area (Å²) in [6, 6.07) is 1.31. The number of ether oxygens (including phenoxy) is 1. The van der Waals surface area contributed by atoms with Crippen LogP contribution in [0.25, 0.3) is 4.48 Å². The average molecular weight is 288 g/mol. The quantitative estimate of drug-likeness (QED) is 0.861. The molecule has 16 heavy (non-hydrogen) atoms. The summed E-state index contributed by atoms with van der Waals surface area (Å²) in [6.45, 7) is 3.58. The Kier molecular flexibility index (Phi) is 3.89. The molecule has 0 aliphatic heterocycles. The molecule has 0 atom stereocenters. The number of carbonyl (C=O) groups is 2. The summed E-state index contributed by atoms with van der Waals surface area (Å²) in [6.07, 6.45) is 0. The molecule has 0 saturated carbocycles. The third-order valence-electron chi connectivity index (χ3n) is 1.83. The second kappa shape index (κ2) is 4.98. The Labute approximate surface area is 101 Å². The molecule has 0 saturated heterocycles. The maximum absolute atomic E-state index is 11.4. The minimum absolute atomic E-state index is 0.0264. The van der Waals surface area contributed by atoms with Crippen molar-refractivity contribution >= 4 is 32.3 Å². The van der Waals surface area contributed by atoms with Crippen molar-refractivity contribution in [2.45, 2.75) is 0 Å². The topological polar surface area (TPSA) is 68.5 Å². The van der Waals surface area contributed by atoms with Gasteiger partial charge in [0.2, 0.25) is 0 Å². The Morgan fingerprint density at radius 3 is 2.62 bits per heavy atom. The molecule has 0 radical (unpaired) electrons. The molecule has 1 aromatic rings. The van der Waals surface area contributed by atoms with Crippen molar-refractivity contribution in [2.75, 3.05) is 14.2 Å². The fraction of sp³-hybridized carbons (Fsp3) is 0.200. The van der Waals surface area contributed by atoms with Crippen LogP contribution in [0.2, 0.25) is 0 Å². The second-order valence-electron chi connectivity index (χ2n) is 2.83. The summed E-state index contributed by atoms with van der Waals surface area (Å²) in [5.41, 5.74) is 0.156. The van der Waals surface area contributed by atoms with Crippen molar-refractivity contribution in [3.63, 3.8) is 0 Å². The molecular formula is C10H10BrNO4. The number of furan rings is 1. The Morgan fingerprint density at radius 1 is 1.56 bits per heavy atom. The molecule has 1 N–H and O–H groups in total. The molecule has 1 aromatic heterocycles. The minimum atomic E-state index is -0.588. The van der Waals surface area contributed by atoms with Crippen molar-refractivity contribution in [2.24, 2.45) is 0 Å². The van der Waals surface area contributed by atoms with Gasteiger partial charge in [0.25, 0.3) is 5.91 Å². The SMILES string of the molecule is C=C(Br)c1oc(C(=O)NC)cc1C(=O)OC. The van der Waals surface area contributed by atoms with Gasteiger partial charge in [0, 0.05) is 13.1 Å². The van der Waals surface area contributed by atoms with E-state index in [0.717, 1.165) is 0 Å². The molecule has 0 aromatic carbocycles. The molecule has 0 unspecified atom stereocenters. The lowest BCUT2D eigenvalue weighted by molar-refractivity contribution is 0.0599. The minimum Gasteiger partial charge on any atom is -0.465 e. The Morgan fingerprint density at radius 2 is 2.19 bits per heavy atom.